The fourth-order valence-electron chi connectivity index (χ4n) is 5.35. The molecule has 0 bridgehead atoms. The molecule has 7 rings (SSSR count). The van der Waals surface area contributed by atoms with Crippen LogP contribution in [-0.2, 0) is 0 Å². The summed E-state index contributed by atoms with van der Waals surface area (Å²) in [6.45, 7) is 0. The molecule has 1 nitrogen and oxygen atoms in total. The third-order valence-corrected chi connectivity index (χ3v) is 7.43. The predicted molar refractivity (Wildman–Crippen MR) is 169 cm³/mol. The molecule has 1 heterocycles. The van der Waals surface area contributed by atoms with Crippen LogP contribution in [-0.4, -0.2) is 4.98 Å². The largest absolute Gasteiger partial charge is 0.248 e. The van der Waals surface area contributed by atoms with E-state index in [-0.39, 0.29) is 0 Å². The van der Waals surface area contributed by atoms with E-state index in [2.05, 4.69) is 158 Å². The molecule has 0 atom stereocenters. The molecule has 0 amide bonds. The highest BCUT2D eigenvalue weighted by molar-refractivity contribution is 5.84. The summed E-state index contributed by atoms with van der Waals surface area (Å²) in [7, 11) is 0. The van der Waals surface area contributed by atoms with Gasteiger partial charge in [-0.1, -0.05) is 121 Å². The average molecular weight is 510 g/mol. The zero-order valence-electron chi connectivity index (χ0n) is 22.0. The molecule has 0 saturated heterocycles. The van der Waals surface area contributed by atoms with E-state index >= 15 is 0 Å². The van der Waals surface area contributed by atoms with Gasteiger partial charge in [0.05, 0.1) is 11.2 Å². The van der Waals surface area contributed by atoms with Crippen LogP contribution in [0.3, 0.4) is 0 Å². The zero-order valence-corrected chi connectivity index (χ0v) is 22.0. The van der Waals surface area contributed by atoms with E-state index < -0.39 is 0 Å². The number of pyridine rings is 1. The van der Waals surface area contributed by atoms with Crippen molar-refractivity contribution in [3.8, 4) is 55.8 Å². The molecule has 0 N–H and O–H groups in total. The second kappa shape index (κ2) is 10.5. The summed E-state index contributed by atoms with van der Waals surface area (Å²) in [4.78, 5) is 4.92. The lowest BCUT2D eigenvalue weighted by Crippen LogP contribution is -1.88. The van der Waals surface area contributed by atoms with E-state index in [1.54, 1.807) is 0 Å². The lowest BCUT2D eigenvalue weighted by molar-refractivity contribution is 1.40. The number of hydrogen-bond acceptors (Lipinski definition) is 1. The van der Waals surface area contributed by atoms with Gasteiger partial charge in [-0.05, 0) is 87.0 Å². The van der Waals surface area contributed by atoms with Crippen molar-refractivity contribution in [1.82, 2.24) is 4.98 Å². The van der Waals surface area contributed by atoms with Gasteiger partial charge in [0.1, 0.15) is 0 Å². The Morgan fingerprint density at radius 1 is 0.275 bits per heavy atom. The maximum Gasteiger partial charge on any atom is 0.0709 e. The van der Waals surface area contributed by atoms with Crippen LogP contribution in [0, 0.1) is 0 Å². The number of rotatable bonds is 5. The van der Waals surface area contributed by atoms with Gasteiger partial charge in [0, 0.05) is 10.9 Å². The first-order valence-corrected chi connectivity index (χ1v) is 13.6. The van der Waals surface area contributed by atoms with Gasteiger partial charge < -0.3 is 0 Å². The first-order chi connectivity index (χ1) is 19.8. The Kier molecular flexibility index (Phi) is 6.24. The topological polar surface area (TPSA) is 12.9 Å². The first-order valence-electron chi connectivity index (χ1n) is 13.6. The fourth-order valence-corrected chi connectivity index (χ4v) is 5.35. The molecule has 0 saturated carbocycles. The van der Waals surface area contributed by atoms with Gasteiger partial charge in [0.25, 0.3) is 0 Å². The number of fused-ring (bicyclic) bond motifs is 1. The van der Waals surface area contributed by atoms with Crippen LogP contribution in [0.1, 0.15) is 0 Å². The predicted octanol–water partition coefficient (Wildman–Crippen LogP) is 10.6. The van der Waals surface area contributed by atoms with Crippen molar-refractivity contribution in [2.45, 2.75) is 0 Å². The lowest BCUT2D eigenvalue weighted by atomic mass is 9.92. The molecule has 6 aromatic carbocycles. The van der Waals surface area contributed by atoms with Crippen LogP contribution >= 0.6 is 0 Å². The van der Waals surface area contributed by atoms with E-state index in [0.717, 1.165) is 22.2 Å². The van der Waals surface area contributed by atoms with Gasteiger partial charge in [0.15, 0.2) is 0 Å². The van der Waals surface area contributed by atoms with Gasteiger partial charge in [0.2, 0.25) is 0 Å². The van der Waals surface area contributed by atoms with Gasteiger partial charge in [-0.15, -0.1) is 0 Å². The summed E-state index contributed by atoms with van der Waals surface area (Å²) >= 11 is 0. The zero-order chi connectivity index (χ0) is 26.7. The third kappa shape index (κ3) is 4.81. The van der Waals surface area contributed by atoms with E-state index in [1.807, 2.05) is 6.07 Å². The smallest absolute Gasteiger partial charge is 0.0709 e. The van der Waals surface area contributed by atoms with Crippen LogP contribution in [0.25, 0.3) is 66.7 Å². The Morgan fingerprint density at radius 2 is 0.700 bits per heavy atom. The number of hydrogen-bond donors (Lipinski definition) is 0. The van der Waals surface area contributed by atoms with Crippen molar-refractivity contribution in [1.29, 1.82) is 0 Å². The Bertz CT molecular complexity index is 1880. The molecule has 1 heteroatoms. The molecule has 0 aliphatic heterocycles. The molecule has 0 aliphatic rings. The lowest BCUT2D eigenvalue weighted by Gasteiger charge is -2.13. The van der Waals surface area contributed by atoms with Gasteiger partial charge >= 0.3 is 0 Å². The maximum atomic E-state index is 4.92. The van der Waals surface area contributed by atoms with Gasteiger partial charge in [-0.3, -0.25) is 0 Å². The highest BCUT2D eigenvalue weighted by atomic mass is 14.7. The Hall–Kier alpha value is -5.27. The molecule has 7 aromatic rings. The average Bonchev–Trinajstić information content (AvgIpc) is 3.05. The van der Waals surface area contributed by atoms with Gasteiger partial charge in [-0.25, -0.2) is 4.98 Å². The summed E-state index contributed by atoms with van der Waals surface area (Å²) in [6, 6.07) is 58.2. The van der Waals surface area contributed by atoms with Crippen molar-refractivity contribution < 1.29 is 0 Å². The molecule has 40 heavy (non-hydrogen) atoms. The van der Waals surface area contributed by atoms with E-state index in [4.69, 9.17) is 4.98 Å². The van der Waals surface area contributed by atoms with Crippen molar-refractivity contribution in [2.24, 2.45) is 0 Å². The number of aromatic nitrogens is 1. The Labute approximate surface area is 235 Å². The summed E-state index contributed by atoms with van der Waals surface area (Å²) in [5.74, 6) is 0. The molecule has 1 aromatic heterocycles. The highest BCUT2D eigenvalue weighted by Gasteiger charge is 2.10. The molecular weight excluding hydrogens is 482 g/mol. The minimum absolute atomic E-state index is 0.986. The molecule has 188 valence electrons. The highest BCUT2D eigenvalue weighted by Crippen LogP contribution is 2.35. The molecule has 0 spiro atoms. The SMILES string of the molecule is c1ccc(-c2cc(-c3ccccc3)cc(-c3cccc(-c4cccc(-c5ccc6ccccc6n5)c4)c3)c2)cc1. The Balaban J connectivity index is 1.30. The molecule has 0 unspecified atom stereocenters. The molecule has 0 aliphatic carbocycles. The van der Waals surface area contributed by atoms with Crippen molar-refractivity contribution in [2.75, 3.05) is 0 Å². The number of benzene rings is 6. The minimum atomic E-state index is 0.986. The fraction of sp³-hybridized carbons (Fsp3) is 0. The van der Waals surface area contributed by atoms with Gasteiger partial charge in [-0.2, -0.15) is 0 Å². The van der Waals surface area contributed by atoms with Crippen LogP contribution in [0.4, 0.5) is 0 Å². The third-order valence-electron chi connectivity index (χ3n) is 7.43. The molecule has 0 fully saturated rings. The summed E-state index contributed by atoms with van der Waals surface area (Å²) in [5.41, 5.74) is 12.7. The second-order valence-electron chi connectivity index (χ2n) is 10.1. The van der Waals surface area contributed by atoms with Crippen LogP contribution in [0.5, 0.6) is 0 Å². The summed E-state index contributed by atoms with van der Waals surface area (Å²) in [5, 5.41) is 1.16. The maximum absolute atomic E-state index is 4.92. The Morgan fingerprint density at radius 3 is 1.32 bits per heavy atom. The number of nitrogens with zero attached hydrogens (tertiary/aromatic N) is 1. The number of para-hydroxylation sites is 1. The molecular formula is C39H27N. The second-order valence-corrected chi connectivity index (χ2v) is 10.1. The quantitative estimate of drug-likeness (QED) is 0.225. The van der Waals surface area contributed by atoms with E-state index in [1.165, 1.54) is 44.5 Å². The summed E-state index contributed by atoms with van der Waals surface area (Å²) < 4.78 is 0. The molecule has 0 radical (unpaired) electrons. The van der Waals surface area contributed by atoms with Crippen LogP contribution in [0.15, 0.2) is 164 Å². The summed E-state index contributed by atoms with van der Waals surface area (Å²) in [6.07, 6.45) is 0. The van der Waals surface area contributed by atoms with Crippen molar-refractivity contribution in [3.63, 3.8) is 0 Å². The normalized spacial score (nSPS) is 11.0. The van der Waals surface area contributed by atoms with Crippen molar-refractivity contribution in [3.05, 3.63) is 164 Å². The first kappa shape index (κ1) is 23.8. The monoisotopic (exact) mass is 509 g/mol. The van der Waals surface area contributed by atoms with Crippen LogP contribution in [0.2, 0.25) is 0 Å². The van der Waals surface area contributed by atoms with E-state index in [0.29, 0.717) is 0 Å². The van der Waals surface area contributed by atoms with Crippen LogP contribution < -0.4 is 0 Å². The van der Waals surface area contributed by atoms with E-state index in [9.17, 15) is 0 Å². The van der Waals surface area contributed by atoms with Crippen molar-refractivity contribution >= 4 is 10.9 Å². The standard InChI is InChI=1S/C39H27N/c1-3-11-28(12-4-1)35-25-36(29-13-5-2-6-14-29)27-37(26-35)33-18-9-16-31(23-33)32-17-10-19-34(24-32)39-22-21-30-15-7-8-20-38(30)40-39/h1-27H. The minimum Gasteiger partial charge on any atom is -0.248 e.